The van der Waals surface area contributed by atoms with Crippen LogP contribution in [-0.4, -0.2) is 27.3 Å². The van der Waals surface area contributed by atoms with E-state index in [4.69, 9.17) is 0 Å². The zero-order valence-electron chi connectivity index (χ0n) is 13.0. The van der Waals surface area contributed by atoms with Crippen molar-refractivity contribution in [1.82, 2.24) is 14.9 Å². The molecule has 1 aliphatic rings. The Morgan fingerprint density at radius 3 is 3.13 bits per heavy atom. The maximum Gasteiger partial charge on any atom is 0.228 e. The molecule has 0 fully saturated rings. The van der Waals surface area contributed by atoms with Gasteiger partial charge in [0.2, 0.25) is 5.91 Å². The number of thiophene rings is 1. The van der Waals surface area contributed by atoms with Crippen LogP contribution in [0.2, 0.25) is 0 Å². The van der Waals surface area contributed by atoms with E-state index in [0.29, 0.717) is 13.0 Å². The summed E-state index contributed by atoms with van der Waals surface area (Å²) in [5, 5.41) is 3.07. The third-order valence-electron chi connectivity index (χ3n) is 4.21. The summed E-state index contributed by atoms with van der Waals surface area (Å²) in [7, 11) is 0. The minimum absolute atomic E-state index is 0.195. The fourth-order valence-corrected chi connectivity index (χ4v) is 3.72. The maximum atomic E-state index is 12.5. The van der Waals surface area contributed by atoms with Crippen molar-refractivity contribution < 1.29 is 4.79 Å². The first-order valence-corrected chi connectivity index (χ1v) is 8.62. The molecule has 0 aromatic carbocycles. The van der Waals surface area contributed by atoms with Crippen LogP contribution in [0.15, 0.2) is 35.8 Å². The normalized spacial score (nSPS) is 14.0. The van der Waals surface area contributed by atoms with Gasteiger partial charge in [0, 0.05) is 41.7 Å². The van der Waals surface area contributed by atoms with E-state index in [1.807, 2.05) is 35.5 Å². The molecular weight excluding hydrogens is 306 g/mol. The van der Waals surface area contributed by atoms with Crippen molar-refractivity contribution >= 4 is 28.3 Å². The van der Waals surface area contributed by atoms with Crippen molar-refractivity contribution in [3.8, 4) is 0 Å². The summed E-state index contributed by atoms with van der Waals surface area (Å²) in [6.45, 7) is 3.42. The molecule has 3 aromatic rings. The van der Waals surface area contributed by atoms with Gasteiger partial charge in [0.15, 0.2) is 5.65 Å². The molecule has 0 saturated carbocycles. The van der Waals surface area contributed by atoms with E-state index in [-0.39, 0.29) is 5.91 Å². The molecule has 0 saturated heterocycles. The van der Waals surface area contributed by atoms with Crippen LogP contribution in [0.25, 0.3) is 11.0 Å². The Kier molecular flexibility index (Phi) is 3.58. The summed E-state index contributed by atoms with van der Waals surface area (Å²) in [5.41, 5.74) is 4.15. The molecule has 1 aliphatic heterocycles. The van der Waals surface area contributed by atoms with E-state index < -0.39 is 0 Å². The summed E-state index contributed by atoms with van der Waals surface area (Å²) in [5.74, 6) is 0.195. The number of rotatable bonds is 2. The molecular formula is C18H17N3OS. The zero-order chi connectivity index (χ0) is 15.8. The lowest BCUT2D eigenvalue weighted by molar-refractivity contribution is -0.131. The highest BCUT2D eigenvalue weighted by atomic mass is 32.1. The summed E-state index contributed by atoms with van der Waals surface area (Å²) in [6, 6.07) is 8.25. The van der Waals surface area contributed by atoms with Crippen molar-refractivity contribution in [2.75, 3.05) is 6.54 Å². The molecule has 4 rings (SSSR count). The van der Waals surface area contributed by atoms with Gasteiger partial charge in [0.1, 0.15) is 0 Å². The van der Waals surface area contributed by atoms with Crippen LogP contribution in [0, 0.1) is 6.92 Å². The monoisotopic (exact) mass is 323 g/mol. The Morgan fingerprint density at radius 1 is 1.39 bits per heavy atom. The van der Waals surface area contributed by atoms with Gasteiger partial charge in [-0.2, -0.15) is 0 Å². The predicted octanol–water partition coefficient (Wildman–Crippen LogP) is 3.13. The molecule has 5 heteroatoms. The van der Waals surface area contributed by atoms with Gasteiger partial charge in [0.05, 0.1) is 6.42 Å². The van der Waals surface area contributed by atoms with Crippen LogP contribution in [0.5, 0.6) is 0 Å². The Balaban J connectivity index is 1.59. The maximum absolute atomic E-state index is 12.5. The van der Waals surface area contributed by atoms with Gasteiger partial charge in [-0.15, -0.1) is 11.3 Å². The molecule has 3 aromatic heterocycles. The number of pyridine rings is 2. The zero-order valence-corrected chi connectivity index (χ0v) is 13.8. The first-order chi connectivity index (χ1) is 11.2. The van der Waals surface area contributed by atoms with E-state index in [9.17, 15) is 4.79 Å². The van der Waals surface area contributed by atoms with E-state index in [1.54, 1.807) is 11.3 Å². The highest BCUT2D eigenvalue weighted by molar-refractivity contribution is 7.10. The summed E-state index contributed by atoms with van der Waals surface area (Å²) >= 11 is 1.64. The van der Waals surface area contributed by atoms with Gasteiger partial charge in [-0.25, -0.2) is 9.97 Å². The highest BCUT2D eigenvalue weighted by Gasteiger charge is 2.22. The predicted molar refractivity (Wildman–Crippen MR) is 91.4 cm³/mol. The largest absolute Gasteiger partial charge is 0.338 e. The van der Waals surface area contributed by atoms with Gasteiger partial charge in [-0.3, -0.25) is 4.79 Å². The Labute approximate surface area is 138 Å². The van der Waals surface area contributed by atoms with E-state index in [0.717, 1.165) is 45.7 Å². The Hall–Kier alpha value is -2.27. The first-order valence-electron chi connectivity index (χ1n) is 7.74. The van der Waals surface area contributed by atoms with Crippen LogP contribution in [0.3, 0.4) is 0 Å². The van der Waals surface area contributed by atoms with Gasteiger partial charge >= 0.3 is 0 Å². The smallest absolute Gasteiger partial charge is 0.228 e. The molecule has 0 spiro atoms. The molecule has 1 amide bonds. The van der Waals surface area contributed by atoms with Crippen LogP contribution in [0.4, 0.5) is 0 Å². The lowest BCUT2D eigenvalue weighted by Crippen LogP contribution is -2.37. The summed E-state index contributed by atoms with van der Waals surface area (Å²) in [6.07, 6.45) is 3.15. The van der Waals surface area contributed by atoms with Crippen LogP contribution < -0.4 is 0 Å². The molecule has 23 heavy (non-hydrogen) atoms. The van der Waals surface area contributed by atoms with Crippen LogP contribution in [0.1, 0.15) is 21.7 Å². The van der Waals surface area contributed by atoms with Crippen molar-refractivity contribution in [3.63, 3.8) is 0 Å². The minimum atomic E-state index is 0.195. The Morgan fingerprint density at radius 2 is 2.30 bits per heavy atom. The number of hydrogen-bond acceptors (Lipinski definition) is 4. The molecule has 0 atom stereocenters. The number of nitrogens with zero attached hydrogens (tertiary/aromatic N) is 3. The lowest BCUT2D eigenvalue weighted by atomic mass is 10.0. The molecule has 116 valence electrons. The van der Waals surface area contributed by atoms with Crippen molar-refractivity contribution in [2.24, 2.45) is 0 Å². The molecule has 0 radical (unpaired) electrons. The van der Waals surface area contributed by atoms with Crippen LogP contribution in [-0.2, 0) is 24.2 Å². The number of fused-ring (bicyclic) bond motifs is 2. The fraction of sp³-hybridized carbons (Fsp3) is 0.278. The van der Waals surface area contributed by atoms with Gasteiger partial charge in [-0.1, -0.05) is 6.07 Å². The number of carbonyl (C=O) groups excluding carboxylic acids is 1. The summed E-state index contributed by atoms with van der Waals surface area (Å²) < 4.78 is 0. The SMILES string of the molecule is Cc1cnc2nc3c(cc2c1)CN(C(=O)Cc1cccs1)CC3. The number of carbonyl (C=O) groups is 1. The average Bonchev–Trinajstić information content (AvgIpc) is 3.05. The lowest BCUT2D eigenvalue weighted by Gasteiger charge is -2.28. The quantitative estimate of drug-likeness (QED) is 0.728. The topological polar surface area (TPSA) is 46.1 Å². The van der Waals surface area contributed by atoms with Crippen molar-refractivity contribution in [1.29, 1.82) is 0 Å². The second kappa shape index (κ2) is 5.74. The number of hydrogen-bond donors (Lipinski definition) is 0. The molecule has 4 nitrogen and oxygen atoms in total. The van der Waals surface area contributed by atoms with Crippen molar-refractivity contribution in [3.05, 3.63) is 57.5 Å². The summed E-state index contributed by atoms with van der Waals surface area (Å²) in [4.78, 5) is 24.6. The number of amides is 1. The second-order valence-corrected chi connectivity index (χ2v) is 7.01. The van der Waals surface area contributed by atoms with E-state index >= 15 is 0 Å². The number of aryl methyl sites for hydroxylation is 1. The van der Waals surface area contributed by atoms with Gasteiger partial charge < -0.3 is 4.90 Å². The first kappa shape index (κ1) is 14.3. The van der Waals surface area contributed by atoms with Gasteiger partial charge in [0.25, 0.3) is 0 Å². The van der Waals surface area contributed by atoms with Crippen LogP contribution >= 0.6 is 11.3 Å². The van der Waals surface area contributed by atoms with Gasteiger partial charge in [-0.05, 0) is 41.6 Å². The second-order valence-electron chi connectivity index (χ2n) is 5.98. The van der Waals surface area contributed by atoms with E-state index in [1.165, 1.54) is 0 Å². The average molecular weight is 323 g/mol. The molecule has 0 N–H and O–H groups in total. The third kappa shape index (κ3) is 2.84. The molecule has 0 aliphatic carbocycles. The fourth-order valence-electron chi connectivity index (χ4n) is 3.02. The molecule has 4 heterocycles. The van der Waals surface area contributed by atoms with E-state index in [2.05, 4.69) is 22.1 Å². The number of aromatic nitrogens is 2. The highest BCUT2D eigenvalue weighted by Crippen LogP contribution is 2.23. The standard InChI is InChI=1S/C18H17N3OS/c1-12-7-13-8-14-11-21(17(22)9-15-3-2-6-23-15)5-4-16(14)20-18(13)19-10-12/h2-3,6-8,10H,4-5,9,11H2,1H3. The van der Waals surface area contributed by atoms with Crippen molar-refractivity contribution in [2.45, 2.75) is 26.3 Å². The molecule has 0 unspecified atom stereocenters. The Bertz CT molecular complexity index is 873. The molecule has 0 bridgehead atoms. The minimum Gasteiger partial charge on any atom is -0.338 e. The third-order valence-corrected chi connectivity index (χ3v) is 5.09.